The molecule has 0 saturated heterocycles. The Morgan fingerprint density at radius 2 is 1.92 bits per heavy atom. The highest BCUT2D eigenvalue weighted by Gasteiger charge is 2.17. The summed E-state index contributed by atoms with van der Waals surface area (Å²) in [4.78, 5) is 11.3. The maximum absolute atomic E-state index is 11.3. The Labute approximate surface area is 80.4 Å². The molecule has 13 heavy (non-hydrogen) atoms. The van der Waals surface area contributed by atoms with Gasteiger partial charge in [0.05, 0.1) is 6.61 Å². The minimum absolute atomic E-state index is 0.238. The third kappa shape index (κ3) is 5.64. The maximum atomic E-state index is 11.3. The van der Waals surface area contributed by atoms with Gasteiger partial charge in [-0.25, -0.2) is 4.79 Å². The van der Waals surface area contributed by atoms with E-state index in [1.54, 1.807) is 0 Å². The monoisotopic (exact) mass is 188 g/mol. The SMILES string of the molecule is CCOC(CC)C(=O)OCC(C)C. The molecule has 0 aromatic heterocycles. The Balaban J connectivity index is 3.77. The Bertz CT molecular complexity index is 143. The van der Waals surface area contributed by atoms with E-state index in [1.165, 1.54) is 0 Å². The molecule has 1 atom stereocenters. The lowest BCUT2D eigenvalue weighted by Gasteiger charge is -2.14. The van der Waals surface area contributed by atoms with Crippen LogP contribution >= 0.6 is 0 Å². The lowest BCUT2D eigenvalue weighted by atomic mass is 10.2. The number of ether oxygens (including phenoxy) is 2. The van der Waals surface area contributed by atoms with Crippen LogP contribution in [0.1, 0.15) is 34.1 Å². The van der Waals surface area contributed by atoms with Crippen LogP contribution in [-0.2, 0) is 14.3 Å². The molecule has 0 fully saturated rings. The first-order chi connectivity index (χ1) is 6.11. The van der Waals surface area contributed by atoms with Crippen molar-refractivity contribution >= 4 is 5.97 Å². The first-order valence-corrected chi connectivity index (χ1v) is 4.90. The van der Waals surface area contributed by atoms with Crippen molar-refractivity contribution in [3.05, 3.63) is 0 Å². The number of hydrogen-bond donors (Lipinski definition) is 0. The maximum Gasteiger partial charge on any atom is 0.335 e. The van der Waals surface area contributed by atoms with Gasteiger partial charge in [0.15, 0.2) is 6.10 Å². The number of hydrogen-bond acceptors (Lipinski definition) is 3. The summed E-state index contributed by atoms with van der Waals surface area (Å²) in [6.45, 7) is 8.83. The van der Waals surface area contributed by atoms with Crippen LogP contribution in [0, 0.1) is 5.92 Å². The summed E-state index contributed by atoms with van der Waals surface area (Å²) in [5, 5.41) is 0. The van der Waals surface area contributed by atoms with Gasteiger partial charge in [-0.15, -0.1) is 0 Å². The van der Waals surface area contributed by atoms with Gasteiger partial charge >= 0.3 is 5.97 Å². The number of esters is 1. The molecule has 1 unspecified atom stereocenters. The quantitative estimate of drug-likeness (QED) is 0.598. The van der Waals surface area contributed by atoms with Crippen LogP contribution in [0.15, 0.2) is 0 Å². The van der Waals surface area contributed by atoms with Gasteiger partial charge in [-0.3, -0.25) is 0 Å². The molecular formula is C10H20O3. The van der Waals surface area contributed by atoms with Gasteiger partial charge in [-0.1, -0.05) is 20.8 Å². The van der Waals surface area contributed by atoms with Gasteiger partial charge < -0.3 is 9.47 Å². The minimum atomic E-state index is -0.385. The molecule has 0 aromatic carbocycles. The van der Waals surface area contributed by atoms with E-state index < -0.39 is 0 Å². The van der Waals surface area contributed by atoms with Crippen molar-refractivity contribution < 1.29 is 14.3 Å². The lowest BCUT2D eigenvalue weighted by molar-refractivity contribution is -0.158. The molecule has 0 bridgehead atoms. The van der Waals surface area contributed by atoms with Crippen molar-refractivity contribution in [3.63, 3.8) is 0 Å². The highest BCUT2D eigenvalue weighted by atomic mass is 16.6. The third-order valence-corrected chi connectivity index (χ3v) is 1.56. The molecular weight excluding hydrogens is 168 g/mol. The van der Waals surface area contributed by atoms with E-state index in [9.17, 15) is 4.79 Å². The Morgan fingerprint density at radius 3 is 2.31 bits per heavy atom. The molecule has 0 aliphatic carbocycles. The molecule has 0 N–H and O–H groups in total. The summed E-state index contributed by atoms with van der Waals surface area (Å²) >= 11 is 0. The Kier molecular flexibility index (Phi) is 6.59. The van der Waals surface area contributed by atoms with Crippen LogP contribution in [0.3, 0.4) is 0 Å². The van der Waals surface area contributed by atoms with E-state index in [2.05, 4.69) is 0 Å². The van der Waals surface area contributed by atoms with E-state index in [1.807, 2.05) is 27.7 Å². The molecule has 0 heterocycles. The summed E-state index contributed by atoms with van der Waals surface area (Å²) < 4.78 is 10.3. The first-order valence-electron chi connectivity index (χ1n) is 4.90. The van der Waals surface area contributed by atoms with Crippen LogP contribution in [0.4, 0.5) is 0 Å². The van der Waals surface area contributed by atoms with Crippen molar-refractivity contribution in [3.8, 4) is 0 Å². The Morgan fingerprint density at radius 1 is 1.31 bits per heavy atom. The van der Waals surface area contributed by atoms with Crippen LogP contribution in [0.2, 0.25) is 0 Å². The summed E-state index contributed by atoms with van der Waals surface area (Å²) in [5.41, 5.74) is 0. The molecule has 0 rings (SSSR count). The molecule has 0 aromatic rings. The van der Waals surface area contributed by atoms with Gasteiger partial charge in [0.2, 0.25) is 0 Å². The normalized spacial score (nSPS) is 13.0. The average Bonchev–Trinajstić information content (AvgIpc) is 2.10. The molecule has 0 aliphatic heterocycles. The van der Waals surface area contributed by atoms with Crippen LogP contribution < -0.4 is 0 Å². The topological polar surface area (TPSA) is 35.5 Å². The van der Waals surface area contributed by atoms with Crippen molar-refractivity contribution in [1.29, 1.82) is 0 Å². The Hall–Kier alpha value is -0.570. The lowest BCUT2D eigenvalue weighted by Crippen LogP contribution is -2.27. The molecule has 3 heteroatoms. The standard InChI is InChI=1S/C10H20O3/c1-5-9(12-6-2)10(11)13-7-8(3)4/h8-9H,5-7H2,1-4H3. The number of rotatable bonds is 6. The zero-order chi connectivity index (χ0) is 10.3. The van der Waals surface area contributed by atoms with E-state index >= 15 is 0 Å². The van der Waals surface area contributed by atoms with E-state index in [4.69, 9.17) is 9.47 Å². The van der Waals surface area contributed by atoms with Gasteiger partial charge in [0.1, 0.15) is 0 Å². The zero-order valence-electron chi connectivity index (χ0n) is 9.00. The van der Waals surface area contributed by atoms with Crippen LogP contribution in [0.25, 0.3) is 0 Å². The van der Waals surface area contributed by atoms with E-state index in [-0.39, 0.29) is 12.1 Å². The summed E-state index contributed by atoms with van der Waals surface area (Å²) in [5.74, 6) is 0.140. The molecule has 0 saturated carbocycles. The fourth-order valence-corrected chi connectivity index (χ4v) is 0.895. The predicted octanol–water partition coefficient (Wildman–Crippen LogP) is 2.00. The van der Waals surface area contributed by atoms with Crippen molar-refractivity contribution in [2.24, 2.45) is 5.92 Å². The van der Waals surface area contributed by atoms with Crippen LogP contribution in [0.5, 0.6) is 0 Å². The molecule has 0 amide bonds. The molecule has 78 valence electrons. The molecule has 0 radical (unpaired) electrons. The molecule has 0 aliphatic rings. The number of carbonyl (C=O) groups is 1. The van der Waals surface area contributed by atoms with Gasteiger partial charge in [0, 0.05) is 6.61 Å². The van der Waals surface area contributed by atoms with Crippen molar-refractivity contribution in [2.75, 3.05) is 13.2 Å². The van der Waals surface area contributed by atoms with Gasteiger partial charge in [0.25, 0.3) is 0 Å². The zero-order valence-corrected chi connectivity index (χ0v) is 9.00. The summed E-state index contributed by atoms with van der Waals surface area (Å²) in [6, 6.07) is 0. The van der Waals surface area contributed by atoms with E-state index in [0.29, 0.717) is 25.6 Å². The van der Waals surface area contributed by atoms with Gasteiger partial charge in [-0.2, -0.15) is 0 Å². The van der Waals surface area contributed by atoms with Crippen molar-refractivity contribution in [1.82, 2.24) is 0 Å². The average molecular weight is 188 g/mol. The second kappa shape index (κ2) is 6.89. The highest BCUT2D eigenvalue weighted by molar-refractivity contribution is 5.74. The molecule has 3 nitrogen and oxygen atoms in total. The predicted molar refractivity (Wildman–Crippen MR) is 51.5 cm³/mol. The van der Waals surface area contributed by atoms with Crippen molar-refractivity contribution in [2.45, 2.75) is 40.2 Å². The summed E-state index contributed by atoms with van der Waals surface area (Å²) in [7, 11) is 0. The van der Waals surface area contributed by atoms with E-state index in [0.717, 1.165) is 0 Å². The number of carbonyl (C=O) groups excluding carboxylic acids is 1. The smallest absolute Gasteiger partial charge is 0.335 e. The fraction of sp³-hybridized carbons (Fsp3) is 0.900. The fourth-order valence-electron chi connectivity index (χ4n) is 0.895. The first kappa shape index (κ1) is 12.4. The highest BCUT2D eigenvalue weighted by Crippen LogP contribution is 2.02. The summed E-state index contributed by atoms with van der Waals surface area (Å²) in [6.07, 6.45) is 0.286. The second-order valence-corrected chi connectivity index (χ2v) is 3.38. The third-order valence-electron chi connectivity index (χ3n) is 1.56. The largest absolute Gasteiger partial charge is 0.463 e. The second-order valence-electron chi connectivity index (χ2n) is 3.38. The van der Waals surface area contributed by atoms with Gasteiger partial charge in [-0.05, 0) is 19.3 Å². The molecule has 0 spiro atoms. The van der Waals surface area contributed by atoms with Crippen LogP contribution in [-0.4, -0.2) is 25.3 Å². The minimum Gasteiger partial charge on any atom is -0.463 e.